The van der Waals surface area contributed by atoms with E-state index >= 15 is 0 Å². The van der Waals surface area contributed by atoms with E-state index in [0.717, 1.165) is 10.6 Å². The van der Waals surface area contributed by atoms with Crippen molar-refractivity contribution in [2.24, 2.45) is 5.92 Å². The summed E-state index contributed by atoms with van der Waals surface area (Å²) in [5.41, 5.74) is 2.49. The van der Waals surface area contributed by atoms with Gasteiger partial charge in [0.15, 0.2) is 5.78 Å². The van der Waals surface area contributed by atoms with E-state index in [1.54, 1.807) is 48.5 Å². The second-order valence-corrected chi connectivity index (χ2v) is 11.3. The van der Waals surface area contributed by atoms with Gasteiger partial charge in [0.1, 0.15) is 6.04 Å². The lowest BCUT2D eigenvalue weighted by atomic mass is 9.78. The number of Topliss-reactive ketones (excluding diaryl/α,β-unsaturated/α-hetero) is 1. The van der Waals surface area contributed by atoms with Crippen LogP contribution in [0.1, 0.15) is 32.8 Å². The maximum absolute atomic E-state index is 14.3. The van der Waals surface area contributed by atoms with E-state index in [9.17, 15) is 19.5 Å². The first-order valence-electron chi connectivity index (χ1n) is 12.7. The van der Waals surface area contributed by atoms with Crippen LogP contribution in [0.15, 0.2) is 96.4 Å². The molecule has 0 bridgehead atoms. The molecule has 1 fully saturated rings. The van der Waals surface area contributed by atoms with E-state index in [-0.39, 0.29) is 5.78 Å². The third-order valence-corrected chi connectivity index (χ3v) is 8.42. The van der Waals surface area contributed by atoms with Gasteiger partial charge in [-0.3, -0.25) is 4.79 Å². The van der Waals surface area contributed by atoms with Crippen LogP contribution in [0.25, 0.3) is 0 Å². The molecule has 0 radical (unpaired) electrons. The summed E-state index contributed by atoms with van der Waals surface area (Å²) in [4.78, 5) is 45.3. The van der Waals surface area contributed by atoms with Crippen LogP contribution in [0.4, 0.5) is 16.2 Å². The third kappa shape index (κ3) is 5.33. The van der Waals surface area contributed by atoms with Gasteiger partial charge in [-0.2, -0.15) is 0 Å². The van der Waals surface area contributed by atoms with Crippen LogP contribution < -0.4 is 10.2 Å². The predicted octanol–water partition coefficient (Wildman–Crippen LogP) is 6.79. The molecular weight excluding hydrogens is 546 g/mol. The van der Waals surface area contributed by atoms with Crippen LogP contribution in [0.5, 0.6) is 0 Å². The number of para-hydroxylation sites is 1. The Morgan fingerprint density at radius 1 is 0.925 bits per heavy atom. The lowest BCUT2D eigenvalue weighted by Crippen LogP contribution is -2.45. The summed E-state index contributed by atoms with van der Waals surface area (Å²) in [5, 5.41) is 15.7. The molecule has 0 aliphatic carbocycles. The van der Waals surface area contributed by atoms with Crippen molar-refractivity contribution in [3.05, 3.63) is 117 Å². The maximum atomic E-state index is 14.3. The Labute approximate surface area is 241 Å². The number of carboxylic acid groups (broad SMARTS) is 1. The van der Waals surface area contributed by atoms with Crippen LogP contribution in [-0.4, -0.2) is 47.9 Å². The summed E-state index contributed by atoms with van der Waals surface area (Å²) in [6, 6.07) is 23.9. The van der Waals surface area contributed by atoms with Crippen molar-refractivity contribution in [3.8, 4) is 0 Å². The van der Waals surface area contributed by atoms with E-state index in [1.165, 1.54) is 16.2 Å². The number of thiophene rings is 1. The Morgan fingerprint density at radius 2 is 1.65 bits per heavy atom. The zero-order chi connectivity index (χ0) is 28.4. The van der Waals surface area contributed by atoms with Crippen LogP contribution in [0.2, 0.25) is 5.02 Å². The molecule has 3 aromatic carbocycles. The number of carbonyl (C=O) groups is 3. The molecule has 1 aromatic heterocycles. The standard InChI is InChI=1S/C31H28ClN3O4S/c1-34(2)23-15-13-19(14-16-23)27-26(29(36)20-8-6-9-21(32)18-20)25(24-12-7-17-40-24)28(30(37)38)35(27)31(39)33-22-10-4-3-5-11-22/h3-18,25-28H,1-2H3,(H,33,39)(H,37,38). The number of rotatable bonds is 7. The van der Waals surface area contributed by atoms with E-state index in [0.29, 0.717) is 21.8 Å². The van der Waals surface area contributed by atoms with Crippen molar-refractivity contribution < 1.29 is 19.5 Å². The van der Waals surface area contributed by atoms with Crippen molar-refractivity contribution in [3.63, 3.8) is 0 Å². The van der Waals surface area contributed by atoms with Gasteiger partial charge in [-0.05, 0) is 53.4 Å². The number of likely N-dealkylation sites (tertiary alicyclic amines) is 1. The third-order valence-electron chi connectivity index (χ3n) is 7.21. The Kier molecular flexibility index (Phi) is 7.91. The Bertz CT molecular complexity index is 1510. The van der Waals surface area contributed by atoms with Gasteiger partial charge in [0.2, 0.25) is 0 Å². The zero-order valence-corrected chi connectivity index (χ0v) is 23.5. The molecule has 7 nitrogen and oxygen atoms in total. The first kappa shape index (κ1) is 27.4. The molecule has 204 valence electrons. The largest absolute Gasteiger partial charge is 0.480 e. The highest BCUT2D eigenvalue weighted by molar-refractivity contribution is 7.10. The lowest BCUT2D eigenvalue weighted by Gasteiger charge is -2.30. The monoisotopic (exact) mass is 573 g/mol. The molecule has 0 spiro atoms. The fourth-order valence-corrected chi connectivity index (χ4v) is 6.53. The average Bonchev–Trinajstić information content (AvgIpc) is 3.60. The summed E-state index contributed by atoms with van der Waals surface area (Å²) >= 11 is 7.63. The number of carbonyl (C=O) groups excluding carboxylic acids is 2. The number of halogens is 1. The van der Waals surface area contributed by atoms with Gasteiger partial charge in [0, 0.05) is 46.9 Å². The molecule has 1 saturated heterocycles. The van der Waals surface area contributed by atoms with Crippen molar-refractivity contribution in [2.75, 3.05) is 24.3 Å². The quantitative estimate of drug-likeness (QED) is 0.238. The number of nitrogens with one attached hydrogen (secondary N) is 1. The Balaban J connectivity index is 1.71. The molecule has 2 amide bonds. The molecule has 1 aliphatic heterocycles. The van der Waals surface area contributed by atoms with Gasteiger partial charge in [0.05, 0.1) is 12.0 Å². The Morgan fingerprint density at radius 3 is 2.25 bits per heavy atom. The first-order valence-corrected chi connectivity index (χ1v) is 14.0. The van der Waals surface area contributed by atoms with Crippen molar-refractivity contribution in [1.82, 2.24) is 4.90 Å². The number of ketones is 1. The van der Waals surface area contributed by atoms with Crippen LogP contribution >= 0.6 is 22.9 Å². The second-order valence-electron chi connectivity index (χ2n) is 9.86. The van der Waals surface area contributed by atoms with Gasteiger partial charge < -0.3 is 20.2 Å². The molecule has 4 unspecified atom stereocenters. The molecule has 5 rings (SSSR count). The molecule has 40 heavy (non-hydrogen) atoms. The fraction of sp³-hybridized carbons (Fsp3) is 0.194. The number of benzene rings is 3. The van der Waals surface area contributed by atoms with Gasteiger partial charge in [-0.1, -0.05) is 60.1 Å². The van der Waals surface area contributed by atoms with Crippen molar-refractivity contribution >= 4 is 52.1 Å². The summed E-state index contributed by atoms with van der Waals surface area (Å²) in [7, 11) is 3.84. The topological polar surface area (TPSA) is 90.0 Å². The lowest BCUT2D eigenvalue weighted by molar-refractivity contribution is -0.142. The summed E-state index contributed by atoms with van der Waals surface area (Å²) in [5.74, 6) is -3.13. The fourth-order valence-electron chi connectivity index (χ4n) is 5.44. The molecule has 2 heterocycles. The normalized spacial score (nSPS) is 20.2. The zero-order valence-electron chi connectivity index (χ0n) is 21.9. The van der Waals surface area contributed by atoms with Gasteiger partial charge in [0.25, 0.3) is 0 Å². The van der Waals surface area contributed by atoms with E-state index in [2.05, 4.69) is 5.32 Å². The Hall–Kier alpha value is -4.14. The van der Waals surface area contributed by atoms with E-state index in [1.807, 2.05) is 66.8 Å². The van der Waals surface area contributed by atoms with Gasteiger partial charge in [-0.25, -0.2) is 9.59 Å². The minimum atomic E-state index is -1.30. The number of nitrogens with zero attached hydrogens (tertiary/aromatic N) is 2. The van der Waals surface area contributed by atoms with Crippen LogP contribution in [-0.2, 0) is 4.79 Å². The molecule has 9 heteroatoms. The number of carboxylic acids is 1. The van der Waals surface area contributed by atoms with Crippen LogP contribution in [0.3, 0.4) is 0 Å². The number of aliphatic carboxylic acids is 1. The molecule has 0 saturated carbocycles. The van der Waals surface area contributed by atoms with E-state index in [4.69, 9.17) is 11.6 Å². The summed E-state index contributed by atoms with van der Waals surface area (Å²) < 4.78 is 0. The van der Waals surface area contributed by atoms with Crippen molar-refractivity contribution in [1.29, 1.82) is 0 Å². The SMILES string of the molecule is CN(C)c1ccc(C2C(C(=O)c3cccc(Cl)c3)C(c3cccs3)C(C(=O)O)N2C(=O)Nc2ccccc2)cc1. The number of hydrogen-bond acceptors (Lipinski definition) is 5. The second kappa shape index (κ2) is 11.5. The number of anilines is 2. The highest BCUT2D eigenvalue weighted by Crippen LogP contribution is 2.52. The highest BCUT2D eigenvalue weighted by Gasteiger charge is 2.58. The number of amides is 2. The molecule has 1 aliphatic rings. The van der Waals surface area contributed by atoms with Gasteiger partial charge in [-0.15, -0.1) is 11.3 Å². The van der Waals surface area contributed by atoms with E-state index < -0.39 is 35.9 Å². The smallest absolute Gasteiger partial charge is 0.327 e. The highest BCUT2D eigenvalue weighted by atomic mass is 35.5. The number of urea groups is 1. The summed E-state index contributed by atoms with van der Waals surface area (Å²) in [6.07, 6.45) is 0. The predicted molar refractivity (Wildman–Crippen MR) is 159 cm³/mol. The summed E-state index contributed by atoms with van der Waals surface area (Å²) in [6.45, 7) is 0. The first-order chi connectivity index (χ1) is 19.3. The molecular formula is C31H28ClN3O4S. The maximum Gasteiger partial charge on any atom is 0.327 e. The average molecular weight is 574 g/mol. The molecule has 4 aromatic rings. The molecule has 2 N–H and O–H groups in total. The minimum absolute atomic E-state index is 0.274. The van der Waals surface area contributed by atoms with Crippen LogP contribution in [0, 0.1) is 5.92 Å². The molecule has 4 atom stereocenters. The van der Waals surface area contributed by atoms with Gasteiger partial charge >= 0.3 is 12.0 Å². The minimum Gasteiger partial charge on any atom is -0.480 e. The van der Waals surface area contributed by atoms with Crippen molar-refractivity contribution in [2.45, 2.75) is 18.0 Å². The number of hydrogen-bond donors (Lipinski definition) is 2.